The van der Waals surface area contributed by atoms with Gasteiger partial charge in [0.2, 0.25) is 11.8 Å². The number of rotatable bonds is 11. The summed E-state index contributed by atoms with van der Waals surface area (Å²) in [5.74, 6) is -1.88. The summed E-state index contributed by atoms with van der Waals surface area (Å²) in [4.78, 5) is 39.8. The number of carboxylic acid groups (broad SMARTS) is 1. The Hall–Kier alpha value is -2.56. The lowest BCUT2D eigenvalue weighted by Gasteiger charge is -2.24. The molecule has 4 atom stereocenters. The van der Waals surface area contributed by atoms with E-state index in [1.54, 1.807) is 18.0 Å². The maximum Gasteiger partial charge on any atom is 0.328 e. The Morgan fingerprint density at radius 3 is 2.53 bits per heavy atom. The highest BCUT2D eigenvalue weighted by Crippen LogP contribution is 2.19. The highest BCUT2D eigenvalue weighted by molar-refractivity contribution is 7.98. The van der Waals surface area contributed by atoms with Crippen LogP contribution in [-0.2, 0) is 20.8 Å². The van der Waals surface area contributed by atoms with Gasteiger partial charge in [-0.05, 0) is 37.0 Å². The zero-order valence-corrected chi connectivity index (χ0v) is 17.7. The van der Waals surface area contributed by atoms with Gasteiger partial charge in [-0.15, -0.1) is 0 Å². The van der Waals surface area contributed by atoms with Crippen LogP contribution in [0.25, 0.3) is 10.9 Å². The molecule has 0 saturated carbocycles. The maximum atomic E-state index is 12.8. The number of thioether (sulfide) groups is 1. The van der Waals surface area contributed by atoms with Gasteiger partial charge in [-0.1, -0.05) is 18.2 Å². The van der Waals surface area contributed by atoms with E-state index in [0.29, 0.717) is 12.2 Å². The first-order valence-electron chi connectivity index (χ1n) is 9.55. The monoisotopic (exact) mass is 436 g/mol. The zero-order chi connectivity index (χ0) is 22.3. The van der Waals surface area contributed by atoms with Crippen LogP contribution in [0.2, 0.25) is 0 Å². The third-order valence-electron chi connectivity index (χ3n) is 4.75. The van der Waals surface area contributed by atoms with E-state index in [-0.39, 0.29) is 6.42 Å². The summed E-state index contributed by atoms with van der Waals surface area (Å²) in [5.41, 5.74) is 7.58. The van der Waals surface area contributed by atoms with E-state index in [0.717, 1.165) is 16.5 Å². The summed E-state index contributed by atoms with van der Waals surface area (Å²) in [5, 5.41) is 24.8. The molecule has 7 N–H and O–H groups in total. The van der Waals surface area contributed by atoms with Gasteiger partial charge in [0.05, 0.1) is 12.1 Å². The second kappa shape index (κ2) is 11.0. The number of aliphatic hydroxyl groups excluding tert-OH is 1. The summed E-state index contributed by atoms with van der Waals surface area (Å²) in [6.45, 7) is 1.27. The van der Waals surface area contributed by atoms with E-state index >= 15 is 0 Å². The molecule has 0 aliphatic heterocycles. The Balaban J connectivity index is 2.23. The topological polar surface area (TPSA) is 158 Å². The molecule has 9 nitrogen and oxygen atoms in total. The van der Waals surface area contributed by atoms with Crippen LogP contribution in [0.5, 0.6) is 0 Å². The molecular formula is C20H28N4O5S. The van der Waals surface area contributed by atoms with Crippen LogP contribution < -0.4 is 16.4 Å². The first kappa shape index (κ1) is 23.7. The molecule has 0 fully saturated rings. The number of H-pyrrole nitrogens is 1. The predicted molar refractivity (Wildman–Crippen MR) is 116 cm³/mol. The number of fused-ring (bicyclic) bond motifs is 1. The lowest BCUT2D eigenvalue weighted by atomic mass is 10.0. The number of aromatic amines is 1. The molecule has 164 valence electrons. The molecule has 2 aromatic rings. The van der Waals surface area contributed by atoms with Crippen molar-refractivity contribution in [2.24, 2.45) is 5.73 Å². The largest absolute Gasteiger partial charge is 0.480 e. The first-order valence-corrected chi connectivity index (χ1v) is 10.9. The smallest absolute Gasteiger partial charge is 0.328 e. The highest BCUT2D eigenvalue weighted by atomic mass is 32.2. The fourth-order valence-corrected chi connectivity index (χ4v) is 3.52. The molecule has 1 aromatic carbocycles. The number of carbonyl (C=O) groups excluding carboxylic acids is 2. The lowest BCUT2D eigenvalue weighted by molar-refractivity contribution is -0.145. The van der Waals surface area contributed by atoms with Gasteiger partial charge in [-0.3, -0.25) is 9.59 Å². The van der Waals surface area contributed by atoms with Gasteiger partial charge in [0, 0.05) is 23.5 Å². The minimum absolute atomic E-state index is 0.128. The van der Waals surface area contributed by atoms with Gasteiger partial charge in [0.25, 0.3) is 0 Å². The number of aliphatic carboxylic acids is 1. The van der Waals surface area contributed by atoms with Crippen LogP contribution in [0, 0.1) is 0 Å². The van der Waals surface area contributed by atoms with Crippen molar-refractivity contribution in [2.45, 2.75) is 44.0 Å². The number of aromatic nitrogens is 1. The van der Waals surface area contributed by atoms with Crippen LogP contribution in [-0.4, -0.2) is 69.2 Å². The standard InChI is InChI=1S/C20H28N4O5S/c1-11(25)17(20(28)29)24-19(27)16(23-18(26)14(21)7-8-30-2)9-12-10-22-15-6-4-3-5-13(12)15/h3-6,10-11,14,16-17,22,25H,7-9,21H2,1-2H3,(H,23,26)(H,24,27)(H,28,29). The van der Waals surface area contributed by atoms with Gasteiger partial charge in [0.1, 0.15) is 6.04 Å². The van der Waals surface area contributed by atoms with E-state index in [1.165, 1.54) is 6.92 Å². The van der Waals surface area contributed by atoms with Crippen molar-refractivity contribution in [1.82, 2.24) is 15.6 Å². The fraction of sp³-hybridized carbons (Fsp3) is 0.450. The highest BCUT2D eigenvalue weighted by Gasteiger charge is 2.30. The Morgan fingerprint density at radius 1 is 1.20 bits per heavy atom. The summed E-state index contributed by atoms with van der Waals surface area (Å²) >= 11 is 1.56. The van der Waals surface area contributed by atoms with Crippen molar-refractivity contribution >= 4 is 40.4 Å². The van der Waals surface area contributed by atoms with Crippen LogP contribution in [0.3, 0.4) is 0 Å². The second-order valence-electron chi connectivity index (χ2n) is 7.08. The Labute approximate surface area is 178 Å². The minimum Gasteiger partial charge on any atom is -0.480 e. The Bertz CT molecular complexity index is 885. The number of nitrogens with one attached hydrogen (secondary N) is 3. The third-order valence-corrected chi connectivity index (χ3v) is 5.39. The molecule has 0 bridgehead atoms. The van der Waals surface area contributed by atoms with Gasteiger partial charge in [0.15, 0.2) is 6.04 Å². The van der Waals surface area contributed by atoms with Gasteiger partial charge in [-0.2, -0.15) is 11.8 Å². The maximum absolute atomic E-state index is 12.8. The number of amides is 2. The molecule has 30 heavy (non-hydrogen) atoms. The molecule has 2 rings (SSSR count). The number of carboxylic acids is 1. The Kier molecular flexibility index (Phi) is 8.70. The van der Waals surface area contributed by atoms with Crippen molar-refractivity contribution in [3.05, 3.63) is 36.0 Å². The van der Waals surface area contributed by atoms with E-state index < -0.39 is 42.0 Å². The van der Waals surface area contributed by atoms with Crippen LogP contribution >= 0.6 is 11.8 Å². The average molecular weight is 437 g/mol. The van der Waals surface area contributed by atoms with Gasteiger partial charge >= 0.3 is 5.97 Å². The van der Waals surface area contributed by atoms with Crippen molar-refractivity contribution in [3.8, 4) is 0 Å². The molecule has 4 unspecified atom stereocenters. The van der Waals surface area contributed by atoms with Crippen molar-refractivity contribution in [1.29, 1.82) is 0 Å². The summed E-state index contributed by atoms with van der Waals surface area (Å²) in [6, 6.07) is 4.17. The summed E-state index contributed by atoms with van der Waals surface area (Å²) < 4.78 is 0. The van der Waals surface area contributed by atoms with E-state index in [4.69, 9.17) is 5.73 Å². The Morgan fingerprint density at radius 2 is 1.90 bits per heavy atom. The average Bonchev–Trinajstić information content (AvgIpc) is 3.11. The molecule has 10 heteroatoms. The lowest BCUT2D eigenvalue weighted by Crippen LogP contribution is -2.57. The summed E-state index contributed by atoms with van der Waals surface area (Å²) in [6.07, 6.45) is 2.91. The number of aliphatic hydroxyl groups is 1. The second-order valence-corrected chi connectivity index (χ2v) is 8.06. The predicted octanol–water partition coefficient (Wildman–Crippen LogP) is 0.226. The third kappa shape index (κ3) is 6.22. The number of nitrogens with two attached hydrogens (primary N) is 1. The molecule has 0 aliphatic carbocycles. The molecule has 0 radical (unpaired) electrons. The normalized spacial score (nSPS) is 15.2. The zero-order valence-electron chi connectivity index (χ0n) is 16.9. The number of para-hydroxylation sites is 1. The van der Waals surface area contributed by atoms with E-state index in [9.17, 15) is 24.6 Å². The van der Waals surface area contributed by atoms with Crippen LogP contribution in [0.15, 0.2) is 30.5 Å². The van der Waals surface area contributed by atoms with E-state index in [2.05, 4.69) is 15.6 Å². The number of benzene rings is 1. The number of hydrogen-bond donors (Lipinski definition) is 6. The molecule has 0 saturated heterocycles. The van der Waals surface area contributed by atoms with Crippen molar-refractivity contribution < 1.29 is 24.6 Å². The number of hydrogen-bond acceptors (Lipinski definition) is 6. The van der Waals surface area contributed by atoms with Crippen LogP contribution in [0.4, 0.5) is 0 Å². The van der Waals surface area contributed by atoms with E-state index in [1.807, 2.05) is 30.5 Å². The molecular weight excluding hydrogens is 408 g/mol. The van der Waals surface area contributed by atoms with Crippen molar-refractivity contribution in [2.75, 3.05) is 12.0 Å². The summed E-state index contributed by atoms with van der Waals surface area (Å²) in [7, 11) is 0. The quantitative estimate of drug-likeness (QED) is 0.294. The number of carbonyl (C=O) groups is 3. The SMILES string of the molecule is CSCCC(N)C(=O)NC(Cc1c[nH]c2ccccc12)C(=O)NC(C(=O)O)C(C)O. The van der Waals surface area contributed by atoms with Gasteiger partial charge < -0.3 is 31.6 Å². The van der Waals surface area contributed by atoms with Crippen molar-refractivity contribution in [3.63, 3.8) is 0 Å². The first-order chi connectivity index (χ1) is 14.2. The molecule has 0 aliphatic rings. The van der Waals surface area contributed by atoms with Crippen LogP contribution in [0.1, 0.15) is 18.9 Å². The molecule has 2 amide bonds. The molecule has 0 spiro atoms. The van der Waals surface area contributed by atoms with Gasteiger partial charge in [-0.25, -0.2) is 4.79 Å². The molecule has 1 aromatic heterocycles. The minimum atomic E-state index is -1.50. The molecule has 1 heterocycles. The fourth-order valence-electron chi connectivity index (χ4n) is 3.03.